The maximum atomic E-state index is 12.9. The van der Waals surface area contributed by atoms with Crippen LogP contribution in [0, 0.1) is 13.8 Å². The van der Waals surface area contributed by atoms with Crippen molar-refractivity contribution in [2.24, 2.45) is 0 Å². The van der Waals surface area contributed by atoms with E-state index >= 15 is 0 Å². The van der Waals surface area contributed by atoms with Crippen LogP contribution in [0.5, 0.6) is 0 Å². The number of Topliss-reactive ketones (excluding diaryl/α,β-unsaturated/α-hetero) is 1. The van der Waals surface area contributed by atoms with Crippen LogP contribution < -0.4 is 0 Å². The van der Waals surface area contributed by atoms with Gasteiger partial charge in [-0.2, -0.15) is 0 Å². The van der Waals surface area contributed by atoms with E-state index in [1.807, 2.05) is 42.8 Å². The normalized spacial score (nSPS) is 10.9. The molecule has 0 saturated heterocycles. The first-order chi connectivity index (χ1) is 14.0. The second-order valence-corrected chi connectivity index (χ2v) is 7.72. The van der Waals surface area contributed by atoms with Crippen molar-refractivity contribution in [1.29, 1.82) is 0 Å². The van der Waals surface area contributed by atoms with Crippen molar-refractivity contribution in [3.05, 3.63) is 65.2 Å². The average Bonchev–Trinajstić information content (AvgIpc) is 3.29. The largest absolute Gasteiger partial charge is 0.465 e. The van der Waals surface area contributed by atoms with Crippen LogP contribution in [-0.4, -0.2) is 38.7 Å². The number of methoxy groups -OCH3 is 1. The third-order valence-corrected chi connectivity index (χ3v) is 5.76. The minimum Gasteiger partial charge on any atom is -0.465 e. The summed E-state index contributed by atoms with van der Waals surface area (Å²) in [5.41, 5.74) is 3.96. The molecule has 0 fully saturated rings. The van der Waals surface area contributed by atoms with Crippen molar-refractivity contribution in [1.82, 2.24) is 14.1 Å². The fourth-order valence-electron chi connectivity index (χ4n) is 3.36. The molecule has 0 radical (unpaired) electrons. The summed E-state index contributed by atoms with van der Waals surface area (Å²) >= 11 is 1.47. The number of ether oxygens (including phenoxy) is 1. The molecule has 7 heteroatoms. The average molecular weight is 412 g/mol. The first-order valence-corrected chi connectivity index (χ1v) is 10.5. The van der Waals surface area contributed by atoms with Crippen LogP contribution in [0.3, 0.4) is 0 Å². The first-order valence-electron chi connectivity index (χ1n) is 9.51. The fourth-order valence-corrected chi connectivity index (χ4v) is 4.23. The smallest absolute Gasteiger partial charge is 0.337 e. The van der Waals surface area contributed by atoms with E-state index in [1.54, 1.807) is 18.3 Å². The van der Waals surface area contributed by atoms with E-state index in [0.717, 1.165) is 35.2 Å². The molecule has 3 aromatic rings. The lowest BCUT2D eigenvalue weighted by Gasteiger charge is -2.10. The molecule has 0 atom stereocenters. The van der Waals surface area contributed by atoms with E-state index in [1.165, 1.54) is 18.9 Å². The zero-order valence-electron chi connectivity index (χ0n) is 17.1. The number of nitrogens with zero attached hydrogens (tertiary/aromatic N) is 3. The molecule has 0 aliphatic rings. The van der Waals surface area contributed by atoms with Crippen LogP contribution in [0.15, 0.2) is 47.9 Å². The van der Waals surface area contributed by atoms with Gasteiger partial charge in [-0.15, -0.1) is 0 Å². The summed E-state index contributed by atoms with van der Waals surface area (Å²) in [6.45, 7) is 6.93. The van der Waals surface area contributed by atoms with Gasteiger partial charge >= 0.3 is 5.97 Å². The summed E-state index contributed by atoms with van der Waals surface area (Å²) in [6, 6.07) is 9.09. The molecule has 0 aliphatic heterocycles. The second kappa shape index (κ2) is 9.13. The molecule has 152 valence electrons. The highest BCUT2D eigenvalue weighted by molar-refractivity contribution is 7.99. The number of benzene rings is 1. The highest BCUT2D eigenvalue weighted by Gasteiger charge is 2.18. The van der Waals surface area contributed by atoms with Gasteiger partial charge < -0.3 is 13.9 Å². The summed E-state index contributed by atoms with van der Waals surface area (Å²) < 4.78 is 8.84. The van der Waals surface area contributed by atoms with Crippen LogP contribution >= 0.6 is 11.8 Å². The number of aryl methyl sites for hydroxylation is 2. The molecular formula is C22H25N3O3S. The lowest BCUT2D eigenvalue weighted by molar-refractivity contribution is 0.0600. The number of esters is 1. The van der Waals surface area contributed by atoms with Crippen molar-refractivity contribution in [3.63, 3.8) is 0 Å². The van der Waals surface area contributed by atoms with Crippen molar-refractivity contribution in [3.8, 4) is 5.69 Å². The molecular weight excluding hydrogens is 386 g/mol. The van der Waals surface area contributed by atoms with Crippen LogP contribution in [0.1, 0.15) is 45.4 Å². The summed E-state index contributed by atoms with van der Waals surface area (Å²) in [4.78, 5) is 28.9. The summed E-state index contributed by atoms with van der Waals surface area (Å²) in [5, 5.41) is 0.868. The lowest BCUT2D eigenvalue weighted by Crippen LogP contribution is -2.07. The molecule has 29 heavy (non-hydrogen) atoms. The third kappa shape index (κ3) is 4.45. The van der Waals surface area contributed by atoms with Gasteiger partial charge in [0.2, 0.25) is 0 Å². The van der Waals surface area contributed by atoms with Gasteiger partial charge in [0.1, 0.15) is 0 Å². The fraction of sp³-hybridized carbons (Fsp3) is 0.318. The molecule has 0 aliphatic carbocycles. The van der Waals surface area contributed by atoms with Crippen LogP contribution in [0.4, 0.5) is 0 Å². The molecule has 0 amide bonds. The minimum absolute atomic E-state index is 0.0755. The maximum Gasteiger partial charge on any atom is 0.337 e. The van der Waals surface area contributed by atoms with Gasteiger partial charge in [0.05, 0.1) is 18.4 Å². The Kier molecular flexibility index (Phi) is 6.59. The highest BCUT2D eigenvalue weighted by Crippen LogP contribution is 2.24. The van der Waals surface area contributed by atoms with Crippen molar-refractivity contribution >= 4 is 23.5 Å². The van der Waals surface area contributed by atoms with Gasteiger partial charge in [-0.25, -0.2) is 9.78 Å². The molecule has 0 saturated carbocycles. The Labute approximate surface area is 174 Å². The molecule has 3 rings (SSSR count). The number of aromatic nitrogens is 3. The minimum atomic E-state index is -0.369. The number of carbonyl (C=O) groups is 2. The van der Waals surface area contributed by atoms with E-state index in [0.29, 0.717) is 16.9 Å². The van der Waals surface area contributed by atoms with Gasteiger partial charge in [-0.3, -0.25) is 4.79 Å². The SMILES string of the molecule is CCCn1ccnc1SCC(=O)c1cc(C)n(-c2ccc(C(=O)OC)cc2)c1C. The molecule has 1 aromatic carbocycles. The van der Waals surface area contributed by atoms with Crippen molar-refractivity contribution < 1.29 is 14.3 Å². The Bertz CT molecular complexity index is 1020. The summed E-state index contributed by atoms with van der Waals surface area (Å²) in [7, 11) is 1.36. The zero-order chi connectivity index (χ0) is 21.0. The summed E-state index contributed by atoms with van der Waals surface area (Å²) in [6.07, 6.45) is 4.74. The van der Waals surface area contributed by atoms with Crippen LogP contribution in [0.25, 0.3) is 5.69 Å². The highest BCUT2D eigenvalue weighted by atomic mass is 32.2. The van der Waals surface area contributed by atoms with E-state index in [9.17, 15) is 9.59 Å². The Morgan fingerprint density at radius 3 is 2.55 bits per heavy atom. The third-order valence-electron chi connectivity index (χ3n) is 4.75. The second-order valence-electron chi connectivity index (χ2n) is 6.77. The molecule has 6 nitrogen and oxygen atoms in total. The number of hydrogen-bond acceptors (Lipinski definition) is 5. The van der Waals surface area contributed by atoms with Gasteiger partial charge in [-0.1, -0.05) is 18.7 Å². The number of hydrogen-bond donors (Lipinski definition) is 0. The standard InChI is InChI=1S/C22H25N3O3S/c1-5-11-24-12-10-23-22(24)29-14-20(26)19-13-15(2)25(16(19)3)18-8-6-17(7-9-18)21(27)28-4/h6-10,12-13H,5,11,14H2,1-4H3. The molecule has 0 unspecified atom stereocenters. The van der Waals surface area contributed by atoms with Crippen LogP contribution in [-0.2, 0) is 11.3 Å². The zero-order valence-corrected chi connectivity index (χ0v) is 18.0. The van der Waals surface area contributed by atoms with Gasteiger partial charge in [0.15, 0.2) is 10.9 Å². The Morgan fingerprint density at radius 1 is 1.17 bits per heavy atom. The van der Waals surface area contributed by atoms with E-state index in [-0.39, 0.29) is 11.8 Å². The quantitative estimate of drug-likeness (QED) is 0.311. The maximum absolute atomic E-state index is 12.9. The van der Waals surface area contributed by atoms with Gasteiger partial charge in [0.25, 0.3) is 0 Å². The molecule has 2 aromatic heterocycles. The van der Waals surface area contributed by atoms with E-state index in [2.05, 4.69) is 16.5 Å². The Morgan fingerprint density at radius 2 is 1.90 bits per heavy atom. The number of carbonyl (C=O) groups excluding carboxylic acids is 2. The number of rotatable bonds is 8. The van der Waals surface area contributed by atoms with E-state index < -0.39 is 0 Å². The Balaban J connectivity index is 1.79. The predicted molar refractivity (Wildman–Crippen MR) is 114 cm³/mol. The summed E-state index contributed by atoms with van der Waals surface area (Å²) in [5.74, 6) is 0.0464. The van der Waals surface area contributed by atoms with E-state index in [4.69, 9.17) is 4.74 Å². The molecule has 0 N–H and O–H groups in total. The number of thioether (sulfide) groups is 1. The molecule has 0 bridgehead atoms. The van der Waals surface area contributed by atoms with Gasteiger partial charge in [-0.05, 0) is 50.6 Å². The predicted octanol–water partition coefficient (Wildman–Crippen LogP) is 4.46. The Hall–Kier alpha value is -2.80. The first kappa shape index (κ1) is 20.9. The van der Waals surface area contributed by atoms with Crippen molar-refractivity contribution in [2.75, 3.05) is 12.9 Å². The topological polar surface area (TPSA) is 66.1 Å². The lowest BCUT2D eigenvalue weighted by atomic mass is 10.2. The van der Waals surface area contributed by atoms with Gasteiger partial charge in [0, 0.05) is 41.6 Å². The van der Waals surface area contributed by atoms with Crippen molar-refractivity contribution in [2.45, 2.75) is 38.9 Å². The van der Waals surface area contributed by atoms with Crippen LogP contribution in [0.2, 0.25) is 0 Å². The molecule has 2 heterocycles. The number of imidazole rings is 1. The number of ketones is 1. The molecule has 0 spiro atoms. The monoisotopic (exact) mass is 411 g/mol.